The third-order valence-electron chi connectivity index (χ3n) is 1.83. The number of nitrogens with zero attached hydrogens (tertiary/aromatic N) is 2. The lowest BCUT2D eigenvalue weighted by Crippen LogP contribution is -2.14. The maximum atomic E-state index is 11.6. The largest absolute Gasteiger partial charge is 0.473 e. The van der Waals surface area contributed by atoms with Gasteiger partial charge < -0.3 is 10.5 Å². The van der Waals surface area contributed by atoms with Gasteiger partial charge >= 0.3 is 0 Å². The van der Waals surface area contributed by atoms with Crippen LogP contribution in [-0.2, 0) is 9.84 Å². The van der Waals surface area contributed by atoms with Crippen molar-refractivity contribution in [1.29, 1.82) is 0 Å². The first-order valence-corrected chi connectivity index (χ1v) is 6.53. The summed E-state index contributed by atoms with van der Waals surface area (Å²) in [6.45, 7) is 5.13. The van der Waals surface area contributed by atoms with Gasteiger partial charge in [-0.1, -0.05) is 6.92 Å². The van der Waals surface area contributed by atoms with Gasteiger partial charge in [0.25, 0.3) is 0 Å². The Kier molecular flexibility index (Phi) is 3.69. The van der Waals surface area contributed by atoms with Gasteiger partial charge in [-0.15, -0.1) is 0 Å². The number of hydrogen-bond acceptors (Lipinski definition) is 6. The lowest BCUT2D eigenvalue weighted by molar-refractivity contribution is 0.233. The number of sulfone groups is 1. The highest BCUT2D eigenvalue weighted by Gasteiger charge is 2.21. The van der Waals surface area contributed by atoms with Crippen molar-refractivity contribution in [3.05, 3.63) is 6.33 Å². The van der Waals surface area contributed by atoms with Gasteiger partial charge in [0.05, 0.1) is 11.9 Å². The summed E-state index contributed by atoms with van der Waals surface area (Å²) in [5.41, 5.74) is 5.63. The maximum Gasteiger partial charge on any atom is 0.241 e. The van der Waals surface area contributed by atoms with Gasteiger partial charge in [-0.3, -0.25) is 0 Å². The third-order valence-corrected chi connectivity index (χ3v) is 3.51. The summed E-state index contributed by atoms with van der Waals surface area (Å²) < 4.78 is 28.6. The number of ether oxygens (including phenoxy) is 1. The molecular formula is C9H15N3O3S. The number of rotatable bonds is 4. The molecule has 0 aromatic carbocycles. The first-order valence-electron chi connectivity index (χ1n) is 4.88. The van der Waals surface area contributed by atoms with Gasteiger partial charge in [-0.25, -0.2) is 13.4 Å². The minimum absolute atomic E-state index is 0.0296. The number of hydrogen-bond donors (Lipinski definition) is 1. The molecule has 0 aliphatic carbocycles. The highest BCUT2D eigenvalue weighted by Crippen LogP contribution is 2.25. The monoisotopic (exact) mass is 245 g/mol. The van der Waals surface area contributed by atoms with Crippen molar-refractivity contribution in [3.63, 3.8) is 0 Å². The van der Waals surface area contributed by atoms with Crippen molar-refractivity contribution < 1.29 is 13.2 Å². The number of nitrogen functional groups attached to an aromatic ring is 1. The third kappa shape index (κ3) is 2.60. The predicted molar refractivity (Wildman–Crippen MR) is 59.9 cm³/mol. The molecule has 0 fully saturated rings. The quantitative estimate of drug-likeness (QED) is 0.782. The molecule has 90 valence electrons. The first-order chi connectivity index (χ1) is 7.38. The summed E-state index contributed by atoms with van der Waals surface area (Å²) in [4.78, 5) is 7.49. The molecule has 16 heavy (non-hydrogen) atoms. The second kappa shape index (κ2) is 4.65. The van der Waals surface area contributed by atoms with Crippen LogP contribution in [0.25, 0.3) is 0 Å². The van der Waals surface area contributed by atoms with Gasteiger partial charge in [0.2, 0.25) is 5.88 Å². The summed E-state index contributed by atoms with van der Waals surface area (Å²) >= 11 is 0. The van der Waals surface area contributed by atoms with E-state index in [9.17, 15) is 8.42 Å². The fraction of sp³-hybridized carbons (Fsp3) is 0.556. The molecule has 0 amide bonds. The summed E-state index contributed by atoms with van der Waals surface area (Å²) in [6, 6.07) is 0. The molecule has 1 aromatic rings. The standard InChI is InChI=1S/C9H15N3O3S/c1-4-16(13,14)9-7(10)8(11-5-12-9)15-6(2)3/h5-6H,4,10H2,1-3H3. The van der Waals surface area contributed by atoms with Crippen LogP contribution in [0.15, 0.2) is 11.4 Å². The van der Waals surface area contributed by atoms with E-state index < -0.39 is 9.84 Å². The Balaban J connectivity index is 3.24. The minimum Gasteiger partial charge on any atom is -0.473 e. The van der Waals surface area contributed by atoms with Crippen molar-refractivity contribution in [1.82, 2.24) is 9.97 Å². The zero-order valence-corrected chi connectivity index (χ0v) is 10.3. The summed E-state index contributed by atoms with van der Waals surface area (Å²) in [7, 11) is -3.44. The van der Waals surface area contributed by atoms with Gasteiger partial charge in [0.1, 0.15) is 12.0 Å². The molecule has 1 aromatic heterocycles. The van der Waals surface area contributed by atoms with Crippen LogP contribution in [0.5, 0.6) is 5.88 Å². The Morgan fingerprint density at radius 1 is 1.44 bits per heavy atom. The van der Waals surface area contributed by atoms with Crippen LogP contribution >= 0.6 is 0 Å². The van der Waals surface area contributed by atoms with Crippen molar-refractivity contribution in [2.24, 2.45) is 0 Å². The van der Waals surface area contributed by atoms with Crippen LogP contribution < -0.4 is 10.5 Å². The Labute approximate surface area is 94.8 Å². The molecule has 0 atom stereocenters. The van der Waals surface area contributed by atoms with Crippen LogP contribution in [0.3, 0.4) is 0 Å². The molecule has 2 N–H and O–H groups in total. The molecule has 7 heteroatoms. The van der Waals surface area contributed by atoms with Crippen molar-refractivity contribution in [2.75, 3.05) is 11.5 Å². The lowest BCUT2D eigenvalue weighted by Gasteiger charge is -2.12. The maximum absolute atomic E-state index is 11.6. The van der Waals surface area contributed by atoms with Gasteiger partial charge in [0, 0.05) is 0 Å². The molecule has 6 nitrogen and oxygen atoms in total. The summed E-state index contributed by atoms with van der Waals surface area (Å²) in [6.07, 6.45) is 1.01. The van der Waals surface area contributed by atoms with E-state index in [2.05, 4.69) is 9.97 Å². The van der Waals surface area contributed by atoms with Crippen LogP contribution in [0, 0.1) is 0 Å². The van der Waals surface area contributed by atoms with Gasteiger partial charge in [-0.05, 0) is 13.8 Å². The molecule has 1 rings (SSSR count). The Morgan fingerprint density at radius 3 is 2.56 bits per heavy atom. The summed E-state index contributed by atoms with van der Waals surface area (Å²) in [5, 5.41) is -0.166. The van der Waals surface area contributed by atoms with E-state index in [1.165, 1.54) is 6.92 Å². The SMILES string of the molecule is CCS(=O)(=O)c1ncnc(OC(C)C)c1N. The fourth-order valence-electron chi connectivity index (χ4n) is 1.07. The minimum atomic E-state index is -3.44. The molecular weight excluding hydrogens is 230 g/mol. The van der Waals surface area contributed by atoms with Crippen LogP contribution in [0.2, 0.25) is 0 Å². The van der Waals surface area contributed by atoms with E-state index in [0.717, 1.165) is 6.33 Å². The number of aromatic nitrogens is 2. The topological polar surface area (TPSA) is 95.2 Å². The predicted octanol–water partition coefficient (Wildman–Crippen LogP) is 0.640. The molecule has 0 aliphatic heterocycles. The Morgan fingerprint density at radius 2 is 2.06 bits per heavy atom. The van der Waals surface area contributed by atoms with Crippen molar-refractivity contribution in [2.45, 2.75) is 31.9 Å². The van der Waals surface area contributed by atoms with E-state index in [1.54, 1.807) is 13.8 Å². The highest BCUT2D eigenvalue weighted by atomic mass is 32.2. The van der Waals surface area contributed by atoms with E-state index in [0.29, 0.717) is 0 Å². The Hall–Kier alpha value is -1.37. The van der Waals surface area contributed by atoms with Crippen molar-refractivity contribution >= 4 is 15.5 Å². The van der Waals surface area contributed by atoms with E-state index in [1.807, 2.05) is 0 Å². The highest BCUT2D eigenvalue weighted by molar-refractivity contribution is 7.91. The normalized spacial score (nSPS) is 11.8. The van der Waals surface area contributed by atoms with E-state index >= 15 is 0 Å². The zero-order valence-electron chi connectivity index (χ0n) is 9.47. The van der Waals surface area contributed by atoms with Crippen LogP contribution in [0.4, 0.5) is 5.69 Å². The molecule has 0 saturated heterocycles. The first kappa shape index (κ1) is 12.7. The molecule has 1 heterocycles. The molecule has 0 spiro atoms. The molecule has 0 aliphatic rings. The van der Waals surface area contributed by atoms with Gasteiger partial charge in [-0.2, -0.15) is 4.98 Å². The number of nitrogens with two attached hydrogens (primary N) is 1. The average Bonchev–Trinajstić information content (AvgIpc) is 2.20. The lowest BCUT2D eigenvalue weighted by atomic mass is 10.4. The smallest absolute Gasteiger partial charge is 0.241 e. The molecule has 0 bridgehead atoms. The molecule has 0 radical (unpaired) electrons. The average molecular weight is 245 g/mol. The van der Waals surface area contributed by atoms with Crippen LogP contribution in [0.1, 0.15) is 20.8 Å². The second-order valence-electron chi connectivity index (χ2n) is 3.47. The fourth-order valence-corrected chi connectivity index (χ4v) is 1.97. The van der Waals surface area contributed by atoms with E-state index in [-0.39, 0.29) is 28.5 Å². The zero-order chi connectivity index (χ0) is 12.3. The Bertz CT molecular complexity index is 471. The van der Waals surface area contributed by atoms with Gasteiger partial charge in [0.15, 0.2) is 14.9 Å². The summed E-state index contributed by atoms with van der Waals surface area (Å²) in [5.74, 6) is 0.0482. The molecule has 0 unspecified atom stereocenters. The van der Waals surface area contributed by atoms with Crippen molar-refractivity contribution in [3.8, 4) is 5.88 Å². The van der Waals surface area contributed by atoms with Crippen LogP contribution in [-0.4, -0.2) is 30.2 Å². The number of anilines is 1. The second-order valence-corrected chi connectivity index (χ2v) is 5.66. The molecule has 0 saturated carbocycles. The van der Waals surface area contributed by atoms with E-state index in [4.69, 9.17) is 10.5 Å².